The number of unbranched alkanes of at least 4 members (excludes halogenated alkanes) is 3. The predicted molar refractivity (Wildman–Crippen MR) is 75.6 cm³/mol. The van der Waals surface area contributed by atoms with Crippen molar-refractivity contribution in [3.63, 3.8) is 0 Å². The molecule has 0 aliphatic rings. The number of hydrogen-bond acceptors (Lipinski definition) is 3. The van der Waals surface area contributed by atoms with Gasteiger partial charge in [-0.15, -0.1) is 0 Å². The molecule has 0 bridgehead atoms. The third-order valence-electron chi connectivity index (χ3n) is 2.91. The predicted octanol–water partition coefficient (Wildman–Crippen LogP) is 2.51. The van der Waals surface area contributed by atoms with Crippen molar-refractivity contribution in [2.24, 2.45) is 0 Å². The van der Waals surface area contributed by atoms with E-state index in [1.165, 1.54) is 38.8 Å². The normalized spacial score (nSPS) is 11.6. The van der Waals surface area contributed by atoms with Gasteiger partial charge in [0.25, 0.3) is 0 Å². The topological polar surface area (TPSA) is 24.5 Å². The van der Waals surface area contributed by atoms with Crippen LogP contribution in [0.1, 0.15) is 46.0 Å². The van der Waals surface area contributed by atoms with Crippen molar-refractivity contribution in [3.8, 4) is 0 Å². The van der Waals surface area contributed by atoms with Crippen LogP contribution in [0, 0.1) is 0 Å². The fourth-order valence-corrected chi connectivity index (χ4v) is 1.84. The van der Waals surface area contributed by atoms with E-state index in [-0.39, 0.29) is 0 Å². The minimum absolute atomic E-state index is 0.627. The van der Waals surface area contributed by atoms with E-state index in [0.29, 0.717) is 6.04 Å². The minimum Gasteiger partial charge on any atom is -0.385 e. The smallest absolute Gasteiger partial charge is 0.0474 e. The minimum atomic E-state index is 0.627. The molecule has 0 heterocycles. The van der Waals surface area contributed by atoms with Gasteiger partial charge in [-0.2, -0.15) is 0 Å². The Morgan fingerprint density at radius 2 is 1.65 bits per heavy atom. The molecule has 3 nitrogen and oxygen atoms in total. The Labute approximate surface area is 108 Å². The van der Waals surface area contributed by atoms with E-state index in [0.717, 1.165) is 19.6 Å². The third-order valence-corrected chi connectivity index (χ3v) is 2.91. The Bertz CT molecular complexity index is 151. The summed E-state index contributed by atoms with van der Waals surface area (Å²) in [6.07, 6.45) is 6.49. The van der Waals surface area contributed by atoms with Crippen LogP contribution >= 0.6 is 0 Å². The van der Waals surface area contributed by atoms with Crippen LogP contribution in [-0.4, -0.2) is 51.3 Å². The van der Waals surface area contributed by atoms with Crippen molar-refractivity contribution in [1.82, 2.24) is 10.2 Å². The van der Waals surface area contributed by atoms with E-state index in [4.69, 9.17) is 4.74 Å². The lowest BCUT2D eigenvalue weighted by Gasteiger charge is -2.16. The number of nitrogens with zero attached hydrogens (tertiary/aromatic N) is 1. The van der Waals surface area contributed by atoms with E-state index in [1.807, 2.05) is 0 Å². The molecule has 0 aromatic carbocycles. The van der Waals surface area contributed by atoms with Crippen molar-refractivity contribution in [1.29, 1.82) is 0 Å². The van der Waals surface area contributed by atoms with Crippen LogP contribution in [0.25, 0.3) is 0 Å². The standard InChI is InChI=1S/C14H32N2O/c1-14(2)15-10-7-5-6-8-11-16(3)12-9-13-17-4/h14-15H,5-13H2,1-4H3. The van der Waals surface area contributed by atoms with Crippen molar-refractivity contribution in [3.05, 3.63) is 0 Å². The Balaban J connectivity index is 3.11. The Morgan fingerprint density at radius 1 is 1.00 bits per heavy atom. The summed E-state index contributed by atoms with van der Waals surface area (Å²) < 4.78 is 5.05. The van der Waals surface area contributed by atoms with Gasteiger partial charge in [-0.3, -0.25) is 0 Å². The van der Waals surface area contributed by atoms with E-state index in [2.05, 4.69) is 31.1 Å². The van der Waals surface area contributed by atoms with Crippen LogP contribution in [0.5, 0.6) is 0 Å². The zero-order valence-electron chi connectivity index (χ0n) is 12.3. The maximum Gasteiger partial charge on any atom is 0.0474 e. The van der Waals surface area contributed by atoms with E-state index in [1.54, 1.807) is 7.11 Å². The summed E-state index contributed by atoms with van der Waals surface area (Å²) in [5, 5.41) is 3.46. The molecule has 1 N–H and O–H groups in total. The molecular formula is C14H32N2O. The number of nitrogens with one attached hydrogen (secondary N) is 1. The van der Waals surface area contributed by atoms with Crippen molar-refractivity contribution in [2.75, 3.05) is 40.4 Å². The summed E-state index contributed by atoms with van der Waals surface area (Å²) in [6, 6.07) is 0.627. The molecule has 0 unspecified atom stereocenters. The van der Waals surface area contributed by atoms with Gasteiger partial charge in [0.2, 0.25) is 0 Å². The summed E-state index contributed by atoms with van der Waals surface area (Å²) in [5.74, 6) is 0. The van der Waals surface area contributed by atoms with Gasteiger partial charge < -0.3 is 15.0 Å². The third kappa shape index (κ3) is 13.8. The Morgan fingerprint density at radius 3 is 2.29 bits per heavy atom. The van der Waals surface area contributed by atoms with Gasteiger partial charge in [0.1, 0.15) is 0 Å². The monoisotopic (exact) mass is 244 g/mol. The lowest BCUT2D eigenvalue weighted by molar-refractivity contribution is 0.179. The van der Waals surface area contributed by atoms with Gasteiger partial charge in [-0.1, -0.05) is 26.7 Å². The molecule has 0 fully saturated rings. The second-order valence-electron chi connectivity index (χ2n) is 5.17. The van der Waals surface area contributed by atoms with E-state index in [9.17, 15) is 0 Å². The van der Waals surface area contributed by atoms with E-state index >= 15 is 0 Å². The number of methoxy groups -OCH3 is 1. The molecule has 17 heavy (non-hydrogen) atoms. The highest BCUT2D eigenvalue weighted by Crippen LogP contribution is 2.01. The largest absolute Gasteiger partial charge is 0.385 e. The van der Waals surface area contributed by atoms with Gasteiger partial charge in [-0.05, 0) is 39.4 Å². The Kier molecular flexibility index (Phi) is 12.3. The zero-order chi connectivity index (χ0) is 12.9. The quantitative estimate of drug-likeness (QED) is 0.534. The molecule has 0 spiro atoms. The maximum atomic E-state index is 5.05. The van der Waals surface area contributed by atoms with Crippen LogP contribution in [0.4, 0.5) is 0 Å². The summed E-state index contributed by atoms with van der Waals surface area (Å²) in [4.78, 5) is 2.41. The van der Waals surface area contributed by atoms with Gasteiger partial charge in [0.15, 0.2) is 0 Å². The molecule has 0 radical (unpaired) electrons. The highest BCUT2D eigenvalue weighted by molar-refractivity contribution is 4.55. The first-order chi connectivity index (χ1) is 8.16. The SMILES string of the molecule is COCCCN(C)CCCCCCNC(C)C. The second-order valence-corrected chi connectivity index (χ2v) is 5.17. The Hall–Kier alpha value is -0.120. The van der Waals surface area contributed by atoms with Gasteiger partial charge in [-0.25, -0.2) is 0 Å². The average molecular weight is 244 g/mol. The van der Waals surface area contributed by atoms with Crippen molar-refractivity contribution in [2.45, 2.75) is 52.0 Å². The highest BCUT2D eigenvalue weighted by atomic mass is 16.5. The second kappa shape index (κ2) is 12.3. The molecule has 0 aromatic rings. The first kappa shape index (κ1) is 16.9. The molecule has 0 atom stereocenters. The number of hydrogen-bond donors (Lipinski definition) is 1. The molecule has 0 aliphatic carbocycles. The van der Waals surface area contributed by atoms with Gasteiger partial charge >= 0.3 is 0 Å². The number of rotatable bonds is 12. The molecule has 0 rings (SSSR count). The zero-order valence-corrected chi connectivity index (χ0v) is 12.3. The van der Waals surface area contributed by atoms with Gasteiger partial charge in [0.05, 0.1) is 0 Å². The molecular weight excluding hydrogens is 212 g/mol. The molecule has 0 aromatic heterocycles. The molecule has 0 saturated heterocycles. The molecule has 3 heteroatoms. The summed E-state index contributed by atoms with van der Waals surface area (Å²) in [5.41, 5.74) is 0. The van der Waals surface area contributed by atoms with Crippen molar-refractivity contribution >= 4 is 0 Å². The average Bonchev–Trinajstić information content (AvgIpc) is 2.28. The summed E-state index contributed by atoms with van der Waals surface area (Å²) in [7, 11) is 3.97. The van der Waals surface area contributed by atoms with E-state index < -0.39 is 0 Å². The maximum absolute atomic E-state index is 5.05. The van der Waals surface area contributed by atoms with Crippen LogP contribution < -0.4 is 5.32 Å². The van der Waals surface area contributed by atoms with Crippen LogP contribution in [0.2, 0.25) is 0 Å². The first-order valence-corrected chi connectivity index (χ1v) is 7.07. The van der Waals surface area contributed by atoms with Crippen LogP contribution in [-0.2, 0) is 4.74 Å². The molecule has 0 aliphatic heterocycles. The first-order valence-electron chi connectivity index (χ1n) is 7.07. The molecule has 104 valence electrons. The highest BCUT2D eigenvalue weighted by Gasteiger charge is 1.98. The summed E-state index contributed by atoms with van der Waals surface area (Å²) >= 11 is 0. The fraction of sp³-hybridized carbons (Fsp3) is 1.00. The number of ether oxygens (including phenoxy) is 1. The lowest BCUT2D eigenvalue weighted by Crippen LogP contribution is -2.23. The van der Waals surface area contributed by atoms with Gasteiger partial charge in [0, 0.05) is 26.3 Å². The summed E-state index contributed by atoms with van der Waals surface area (Å²) in [6.45, 7) is 8.83. The van der Waals surface area contributed by atoms with Crippen LogP contribution in [0.3, 0.4) is 0 Å². The molecule has 0 amide bonds. The lowest BCUT2D eigenvalue weighted by atomic mass is 10.2. The molecule has 0 saturated carbocycles. The fourth-order valence-electron chi connectivity index (χ4n) is 1.84. The van der Waals surface area contributed by atoms with Crippen LogP contribution in [0.15, 0.2) is 0 Å². The van der Waals surface area contributed by atoms with Crippen molar-refractivity contribution < 1.29 is 4.74 Å².